The van der Waals surface area contributed by atoms with Crippen molar-refractivity contribution in [1.82, 2.24) is 9.88 Å². The quantitative estimate of drug-likeness (QED) is 0.855. The summed E-state index contributed by atoms with van der Waals surface area (Å²) in [6, 6.07) is 1.41. The van der Waals surface area contributed by atoms with Gasteiger partial charge in [-0.1, -0.05) is 23.2 Å². The molecule has 2 N–H and O–H groups in total. The van der Waals surface area contributed by atoms with Crippen LogP contribution in [0.15, 0.2) is 12.3 Å². The normalized spacial score (nSPS) is 20.7. The first-order valence-corrected chi connectivity index (χ1v) is 6.17. The number of aromatic nitrogens is 1. The summed E-state index contributed by atoms with van der Waals surface area (Å²) >= 11 is 11.8. The van der Waals surface area contributed by atoms with Gasteiger partial charge in [-0.25, -0.2) is 4.98 Å². The third-order valence-corrected chi connectivity index (χ3v) is 3.52. The van der Waals surface area contributed by atoms with E-state index in [1.54, 1.807) is 12.3 Å². The van der Waals surface area contributed by atoms with E-state index in [4.69, 9.17) is 28.9 Å². The van der Waals surface area contributed by atoms with Crippen LogP contribution in [0.2, 0.25) is 10.2 Å². The van der Waals surface area contributed by atoms with Gasteiger partial charge in [-0.05, 0) is 25.5 Å². The van der Waals surface area contributed by atoms with Gasteiger partial charge in [0.15, 0.2) is 0 Å². The van der Waals surface area contributed by atoms with E-state index in [9.17, 15) is 4.79 Å². The zero-order chi connectivity index (χ0) is 12.4. The molecule has 92 valence electrons. The van der Waals surface area contributed by atoms with Gasteiger partial charge in [0.25, 0.3) is 0 Å². The van der Waals surface area contributed by atoms with Gasteiger partial charge in [0.1, 0.15) is 5.15 Å². The van der Waals surface area contributed by atoms with Crippen LogP contribution in [-0.2, 0) is 11.3 Å². The third-order valence-electron chi connectivity index (χ3n) is 2.96. The number of primary amides is 1. The summed E-state index contributed by atoms with van der Waals surface area (Å²) in [6.45, 7) is 1.43. The van der Waals surface area contributed by atoms with E-state index in [2.05, 4.69) is 4.98 Å². The molecule has 1 amide bonds. The standard InChI is InChI=1S/C11H13Cl2N3O/c12-8-4-10(13)15-5-7(8)6-16-3-1-2-9(16)11(14)17/h4-5,9H,1-3,6H2,(H2,14,17). The summed E-state index contributed by atoms with van der Waals surface area (Å²) in [6.07, 6.45) is 3.43. The molecule has 0 aliphatic carbocycles. The molecule has 1 saturated heterocycles. The minimum Gasteiger partial charge on any atom is -0.368 e. The predicted octanol–water partition coefficient (Wildman–Crippen LogP) is 1.84. The number of pyridine rings is 1. The minimum absolute atomic E-state index is 0.193. The first-order chi connectivity index (χ1) is 8.08. The molecular formula is C11H13Cl2N3O. The molecule has 6 heteroatoms. The van der Waals surface area contributed by atoms with Crippen LogP contribution in [0.1, 0.15) is 18.4 Å². The van der Waals surface area contributed by atoms with Crippen LogP contribution in [0.4, 0.5) is 0 Å². The average Bonchev–Trinajstić information content (AvgIpc) is 2.70. The molecule has 1 aliphatic rings. The number of nitrogens with zero attached hydrogens (tertiary/aromatic N) is 2. The largest absolute Gasteiger partial charge is 0.368 e. The highest BCUT2D eigenvalue weighted by Crippen LogP contribution is 2.24. The SMILES string of the molecule is NC(=O)C1CCCN1Cc1cnc(Cl)cc1Cl. The van der Waals surface area contributed by atoms with E-state index >= 15 is 0 Å². The topological polar surface area (TPSA) is 59.2 Å². The van der Waals surface area contributed by atoms with Crippen LogP contribution in [-0.4, -0.2) is 28.4 Å². The van der Waals surface area contributed by atoms with E-state index in [0.29, 0.717) is 16.7 Å². The van der Waals surface area contributed by atoms with Crippen LogP contribution in [0.3, 0.4) is 0 Å². The van der Waals surface area contributed by atoms with Gasteiger partial charge >= 0.3 is 0 Å². The third kappa shape index (κ3) is 2.89. The lowest BCUT2D eigenvalue weighted by molar-refractivity contribution is -0.122. The van der Waals surface area contributed by atoms with Crippen molar-refractivity contribution in [1.29, 1.82) is 0 Å². The van der Waals surface area contributed by atoms with Crippen LogP contribution in [0.25, 0.3) is 0 Å². The van der Waals surface area contributed by atoms with E-state index in [1.165, 1.54) is 0 Å². The van der Waals surface area contributed by atoms with Crippen LogP contribution in [0.5, 0.6) is 0 Å². The molecule has 1 atom stereocenters. The molecule has 0 radical (unpaired) electrons. The lowest BCUT2D eigenvalue weighted by atomic mass is 10.2. The predicted molar refractivity (Wildman–Crippen MR) is 66.9 cm³/mol. The molecule has 1 unspecified atom stereocenters. The monoisotopic (exact) mass is 273 g/mol. The maximum Gasteiger partial charge on any atom is 0.234 e. The molecule has 1 aliphatic heterocycles. The molecule has 0 aromatic carbocycles. The number of carbonyl (C=O) groups is 1. The Morgan fingerprint density at radius 1 is 1.59 bits per heavy atom. The first-order valence-electron chi connectivity index (χ1n) is 5.41. The number of rotatable bonds is 3. The molecule has 17 heavy (non-hydrogen) atoms. The van der Waals surface area contributed by atoms with Crippen molar-refractivity contribution in [3.05, 3.63) is 28.0 Å². The number of likely N-dealkylation sites (tertiary alicyclic amines) is 1. The number of carbonyl (C=O) groups excluding carboxylic acids is 1. The van der Waals surface area contributed by atoms with Gasteiger partial charge in [0.05, 0.1) is 6.04 Å². The van der Waals surface area contributed by atoms with E-state index < -0.39 is 0 Å². The van der Waals surface area contributed by atoms with E-state index in [1.807, 2.05) is 4.90 Å². The Hall–Kier alpha value is -0.840. The Kier molecular flexibility index (Phi) is 3.86. The number of amides is 1. The minimum atomic E-state index is -0.277. The van der Waals surface area contributed by atoms with Gasteiger partial charge in [0, 0.05) is 23.3 Å². The van der Waals surface area contributed by atoms with Gasteiger partial charge in [-0.3, -0.25) is 9.69 Å². The first kappa shape index (κ1) is 12.6. The van der Waals surface area contributed by atoms with Gasteiger partial charge in [-0.2, -0.15) is 0 Å². The smallest absolute Gasteiger partial charge is 0.234 e. The van der Waals surface area contributed by atoms with Crippen LogP contribution >= 0.6 is 23.2 Å². The van der Waals surface area contributed by atoms with E-state index in [0.717, 1.165) is 24.9 Å². The highest BCUT2D eigenvalue weighted by Gasteiger charge is 2.29. The van der Waals surface area contributed by atoms with Crippen molar-refractivity contribution < 1.29 is 4.79 Å². The number of hydrogen-bond donors (Lipinski definition) is 1. The highest BCUT2D eigenvalue weighted by molar-refractivity contribution is 6.34. The molecular weight excluding hydrogens is 261 g/mol. The highest BCUT2D eigenvalue weighted by atomic mass is 35.5. The molecule has 1 aromatic heterocycles. The van der Waals surface area contributed by atoms with Crippen molar-refractivity contribution in [3.63, 3.8) is 0 Å². The Morgan fingerprint density at radius 2 is 2.35 bits per heavy atom. The Morgan fingerprint density at radius 3 is 3.00 bits per heavy atom. The molecule has 0 saturated carbocycles. The fourth-order valence-corrected chi connectivity index (χ4v) is 2.53. The number of nitrogens with two attached hydrogens (primary N) is 1. The summed E-state index contributed by atoms with van der Waals surface area (Å²) in [4.78, 5) is 17.3. The maximum atomic E-state index is 11.3. The Bertz CT molecular complexity index is 439. The van der Waals surface area contributed by atoms with Gasteiger partial charge < -0.3 is 5.73 Å². The van der Waals surface area contributed by atoms with Crippen molar-refractivity contribution in [2.45, 2.75) is 25.4 Å². The summed E-state index contributed by atoms with van der Waals surface area (Å²) < 4.78 is 0. The van der Waals surface area contributed by atoms with Crippen molar-refractivity contribution in [2.24, 2.45) is 5.73 Å². The molecule has 2 rings (SSSR count). The molecule has 1 aromatic rings. The summed E-state index contributed by atoms with van der Waals surface area (Å²) in [5.74, 6) is -0.277. The average molecular weight is 274 g/mol. The Balaban J connectivity index is 2.12. The summed E-state index contributed by atoms with van der Waals surface area (Å²) in [7, 11) is 0. The van der Waals surface area contributed by atoms with Gasteiger partial charge in [0.2, 0.25) is 5.91 Å². The molecule has 0 bridgehead atoms. The molecule has 2 heterocycles. The number of halogens is 2. The van der Waals surface area contributed by atoms with Crippen molar-refractivity contribution in [2.75, 3.05) is 6.54 Å². The maximum absolute atomic E-state index is 11.3. The lowest BCUT2D eigenvalue weighted by Crippen LogP contribution is -2.39. The summed E-state index contributed by atoms with van der Waals surface area (Å²) in [5, 5.41) is 0.937. The lowest BCUT2D eigenvalue weighted by Gasteiger charge is -2.22. The molecule has 4 nitrogen and oxygen atoms in total. The van der Waals surface area contributed by atoms with E-state index in [-0.39, 0.29) is 11.9 Å². The zero-order valence-corrected chi connectivity index (χ0v) is 10.7. The zero-order valence-electron chi connectivity index (χ0n) is 9.20. The second-order valence-corrected chi connectivity index (χ2v) is 4.92. The van der Waals surface area contributed by atoms with Crippen LogP contribution < -0.4 is 5.73 Å². The fraction of sp³-hybridized carbons (Fsp3) is 0.455. The fourth-order valence-electron chi connectivity index (χ4n) is 2.11. The van der Waals surface area contributed by atoms with Crippen LogP contribution in [0, 0.1) is 0 Å². The number of hydrogen-bond acceptors (Lipinski definition) is 3. The van der Waals surface area contributed by atoms with Crippen molar-refractivity contribution >= 4 is 29.1 Å². The second kappa shape index (κ2) is 5.21. The second-order valence-electron chi connectivity index (χ2n) is 4.13. The van der Waals surface area contributed by atoms with Crippen molar-refractivity contribution in [3.8, 4) is 0 Å². The van der Waals surface area contributed by atoms with Gasteiger partial charge in [-0.15, -0.1) is 0 Å². The summed E-state index contributed by atoms with van der Waals surface area (Å²) in [5.41, 5.74) is 6.22. The Labute approximate surface area is 110 Å². The molecule has 0 spiro atoms. The molecule has 1 fully saturated rings.